The summed E-state index contributed by atoms with van der Waals surface area (Å²) in [6, 6.07) is 12.4. The number of fused-ring (bicyclic) bond motifs is 1. The monoisotopic (exact) mass is 430 g/mol. The van der Waals surface area contributed by atoms with Crippen molar-refractivity contribution in [2.75, 3.05) is 4.72 Å². The molecule has 2 heterocycles. The summed E-state index contributed by atoms with van der Waals surface area (Å²) >= 11 is 5.96. The lowest BCUT2D eigenvalue weighted by molar-refractivity contribution is -0.131. The summed E-state index contributed by atoms with van der Waals surface area (Å²) in [6.45, 7) is 1.74. The van der Waals surface area contributed by atoms with Crippen molar-refractivity contribution >= 4 is 33.3 Å². The molecule has 2 aromatic carbocycles. The van der Waals surface area contributed by atoms with Crippen LogP contribution < -0.4 is 14.2 Å². The Bertz CT molecular complexity index is 1210. The molecule has 0 aliphatic carbocycles. The summed E-state index contributed by atoms with van der Waals surface area (Å²) in [7, 11) is -3.75. The maximum Gasteiger partial charge on any atom is 0.317 e. The fourth-order valence-corrected chi connectivity index (χ4v) is 4.05. The van der Waals surface area contributed by atoms with Crippen molar-refractivity contribution in [3.8, 4) is 17.2 Å². The van der Waals surface area contributed by atoms with E-state index in [1.165, 1.54) is 18.3 Å². The van der Waals surface area contributed by atoms with Crippen LogP contribution in [0.15, 0.2) is 59.6 Å². The van der Waals surface area contributed by atoms with E-state index in [1.807, 2.05) is 0 Å². The number of ether oxygens (including phenoxy) is 2. The molecule has 0 fully saturated rings. The third-order valence-electron chi connectivity index (χ3n) is 4.24. The van der Waals surface area contributed by atoms with E-state index in [-0.39, 0.29) is 17.3 Å². The third-order valence-corrected chi connectivity index (χ3v) is 6.05. The minimum Gasteiger partial charge on any atom is -0.453 e. The van der Waals surface area contributed by atoms with Crippen LogP contribution in [0.25, 0.3) is 0 Å². The van der Waals surface area contributed by atoms with Crippen LogP contribution >= 0.6 is 11.6 Å². The number of benzene rings is 2. The maximum absolute atomic E-state index is 12.6. The normalized spacial score (nSPS) is 13.0. The fourth-order valence-electron chi connectivity index (χ4n) is 2.79. The second-order valence-corrected chi connectivity index (χ2v) is 8.47. The first-order valence-corrected chi connectivity index (χ1v) is 10.4. The molecule has 4 rings (SSSR count). The number of hydrogen-bond acceptors (Lipinski definition) is 6. The van der Waals surface area contributed by atoms with Crippen molar-refractivity contribution in [2.24, 2.45) is 0 Å². The highest BCUT2D eigenvalue weighted by molar-refractivity contribution is 7.92. The van der Waals surface area contributed by atoms with Crippen molar-refractivity contribution in [3.63, 3.8) is 0 Å². The Morgan fingerprint density at radius 2 is 1.90 bits per heavy atom. The standard InChI is InChI=1S/C20H15ClN2O5S/c1-12-10-15(6-7-16(12)21)29(25,26)23-13-2-4-14(5-3-13)27-18-8-9-22-17-11-19(24)28-20(17)18/h2-10,23H,11H2,1H3. The van der Waals surface area contributed by atoms with Crippen LogP contribution in [0.1, 0.15) is 11.3 Å². The van der Waals surface area contributed by atoms with E-state index >= 15 is 0 Å². The summed E-state index contributed by atoms with van der Waals surface area (Å²) < 4.78 is 38.5. The lowest BCUT2D eigenvalue weighted by Crippen LogP contribution is -2.13. The first kappa shape index (κ1) is 19.2. The number of aromatic nitrogens is 1. The van der Waals surface area contributed by atoms with Crippen LogP contribution in [-0.2, 0) is 21.2 Å². The van der Waals surface area contributed by atoms with Crippen LogP contribution in [0.4, 0.5) is 5.69 Å². The van der Waals surface area contributed by atoms with E-state index in [0.717, 1.165) is 0 Å². The molecule has 0 unspecified atom stereocenters. The summed E-state index contributed by atoms with van der Waals surface area (Å²) in [5.74, 6) is 0.739. The number of aryl methyl sites for hydroxylation is 1. The van der Waals surface area contributed by atoms with Crippen molar-refractivity contribution in [1.82, 2.24) is 4.98 Å². The Hall–Kier alpha value is -3.10. The lowest BCUT2D eigenvalue weighted by atomic mass is 10.2. The van der Waals surface area contributed by atoms with Crippen LogP contribution in [-0.4, -0.2) is 19.4 Å². The topological polar surface area (TPSA) is 94.6 Å². The minimum absolute atomic E-state index is 0.109. The van der Waals surface area contributed by atoms with E-state index in [0.29, 0.717) is 39.2 Å². The number of pyridine rings is 1. The molecule has 1 N–H and O–H groups in total. The zero-order valence-electron chi connectivity index (χ0n) is 15.2. The summed E-state index contributed by atoms with van der Waals surface area (Å²) in [5, 5.41) is 0.499. The highest BCUT2D eigenvalue weighted by Gasteiger charge is 2.26. The van der Waals surface area contributed by atoms with Crippen LogP contribution in [0.2, 0.25) is 5.02 Å². The molecule has 0 amide bonds. The molecule has 1 aromatic heterocycles. The van der Waals surface area contributed by atoms with E-state index in [9.17, 15) is 13.2 Å². The largest absolute Gasteiger partial charge is 0.453 e. The average molecular weight is 431 g/mol. The highest BCUT2D eigenvalue weighted by Crippen LogP contribution is 2.37. The molecule has 7 nitrogen and oxygen atoms in total. The van der Waals surface area contributed by atoms with Crippen LogP contribution in [0.3, 0.4) is 0 Å². The Labute approximate surface area is 172 Å². The lowest BCUT2D eigenvalue weighted by Gasteiger charge is -2.11. The van der Waals surface area contributed by atoms with Gasteiger partial charge < -0.3 is 9.47 Å². The molecule has 0 saturated heterocycles. The Morgan fingerprint density at radius 1 is 1.14 bits per heavy atom. The SMILES string of the molecule is Cc1cc(S(=O)(=O)Nc2ccc(Oc3ccnc4c3OC(=O)C4)cc2)ccc1Cl. The van der Waals surface area contributed by atoms with Crippen molar-refractivity contribution in [1.29, 1.82) is 0 Å². The number of carbonyl (C=O) groups is 1. The molecule has 0 atom stereocenters. The highest BCUT2D eigenvalue weighted by atomic mass is 35.5. The van der Waals surface area contributed by atoms with E-state index in [1.54, 1.807) is 43.3 Å². The second-order valence-electron chi connectivity index (χ2n) is 6.38. The first-order valence-electron chi connectivity index (χ1n) is 8.57. The summed E-state index contributed by atoms with van der Waals surface area (Å²) in [6.07, 6.45) is 1.64. The number of nitrogens with one attached hydrogen (secondary N) is 1. The summed E-state index contributed by atoms with van der Waals surface area (Å²) in [4.78, 5) is 15.7. The van der Waals surface area contributed by atoms with Gasteiger partial charge >= 0.3 is 5.97 Å². The predicted octanol–water partition coefficient (Wildman–Crippen LogP) is 4.10. The van der Waals surface area contributed by atoms with Crippen LogP contribution in [0.5, 0.6) is 17.2 Å². The van der Waals surface area contributed by atoms with Crippen molar-refractivity contribution < 1.29 is 22.7 Å². The van der Waals surface area contributed by atoms with Gasteiger partial charge in [-0.05, 0) is 55.0 Å². The molecule has 148 valence electrons. The molecule has 0 spiro atoms. The number of rotatable bonds is 5. The minimum atomic E-state index is -3.75. The zero-order valence-corrected chi connectivity index (χ0v) is 16.8. The number of sulfonamides is 1. The molecule has 0 saturated carbocycles. The number of carbonyl (C=O) groups excluding carboxylic acids is 1. The number of esters is 1. The van der Waals surface area contributed by atoms with Gasteiger partial charge in [0.1, 0.15) is 5.75 Å². The molecular formula is C20H15ClN2O5S. The molecule has 29 heavy (non-hydrogen) atoms. The van der Waals surface area contributed by atoms with Crippen molar-refractivity contribution in [3.05, 3.63) is 71.0 Å². The van der Waals surface area contributed by atoms with Crippen LogP contribution in [0, 0.1) is 6.92 Å². The third kappa shape index (κ3) is 4.03. The van der Waals surface area contributed by atoms with Gasteiger partial charge in [0.15, 0.2) is 11.5 Å². The molecule has 1 aliphatic heterocycles. The number of hydrogen-bond donors (Lipinski definition) is 1. The smallest absolute Gasteiger partial charge is 0.317 e. The molecule has 0 radical (unpaired) electrons. The molecule has 9 heteroatoms. The first-order chi connectivity index (χ1) is 13.8. The predicted molar refractivity (Wildman–Crippen MR) is 107 cm³/mol. The summed E-state index contributed by atoms with van der Waals surface area (Å²) in [5.41, 5.74) is 1.57. The number of nitrogens with zero attached hydrogens (tertiary/aromatic N) is 1. The molecule has 1 aliphatic rings. The quantitative estimate of drug-likeness (QED) is 0.612. The van der Waals surface area contributed by atoms with Gasteiger partial charge in [-0.3, -0.25) is 14.5 Å². The number of anilines is 1. The van der Waals surface area contributed by atoms with Gasteiger partial charge in [-0.25, -0.2) is 8.42 Å². The zero-order chi connectivity index (χ0) is 20.6. The van der Waals surface area contributed by atoms with Gasteiger partial charge in [0, 0.05) is 23.0 Å². The van der Waals surface area contributed by atoms with Gasteiger partial charge in [0.25, 0.3) is 10.0 Å². The van der Waals surface area contributed by atoms with Gasteiger partial charge in [-0.2, -0.15) is 0 Å². The molecule has 0 bridgehead atoms. The van der Waals surface area contributed by atoms with E-state index < -0.39 is 10.0 Å². The Morgan fingerprint density at radius 3 is 2.62 bits per heavy atom. The van der Waals surface area contributed by atoms with Gasteiger partial charge in [-0.1, -0.05) is 11.6 Å². The average Bonchev–Trinajstić information content (AvgIpc) is 3.06. The molecule has 3 aromatic rings. The second kappa shape index (κ2) is 7.38. The van der Waals surface area contributed by atoms with Gasteiger partial charge in [-0.15, -0.1) is 0 Å². The van der Waals surface area contributed by atoms with E-state index in [2.05, 4.69) is 9.71 Å². The van der Waals surface area contributed by atoms with Crippen molar-refractivity contribution in [2.45, 2.75) is 18.2 Å². The fraction of sp³-hybridized carbons (Fsp3) is 0.100. The Balaban J connectivity index is 1.51. The Kier molecular flexibility index (Phi) is 4.89. The maximum atomic E-state index is 12.6. The van der Waals surface area contributed by atoms with Gasteiger partial charge in [0.2, 0.25) is 0 Å². The number of halogens is 1. The molecular weight excluding hydrogens is 416 g/mol. The van der Waals surface area contributed by atoms with E-state index in [4.69, 9.17) is 21.1 Å². The van der Waals surface area contributed by atoms with Gasteiger partial charge in [0.05, 0.1) is 17.0 Å².